The Morgan fingerprint density at radius 3 is 2.12 bits per heavy atom. The number of benzene rings is 3. The van der Waals surface area contributed by atoms with E-state index in [0.29, 0.717) is 37.5 Å². The maximum atomic E-state index is 13.9. The number of sulfonamides is 1. The number of carbonyl (C=O) groups is 2. The van der Waals surface area contributed by atoms with Crippen LogP contribution in [0.3, 0.4) is 0 Å². The summed E-state index contributed by atoms with van der Waals surface area (Å²) in [4.78, 5) is 29.4. The smallest absolute Gasteiger partial charge is 0.243 e. The first kappa shape index (κ1) is 31.7. The summed E-state index contributed by atoms with van der Waals surface area (Å²) in [6.45, 7) is 5.94. The Balaban J connectivity index is 1.54. The van der Waals surface area contributed by atoms with E-state index in [9.17, 15) is 18.0 Å². The molecule has 3 aromatic rings. The molecule has 0 bridgehead atoms. The van der Waals surface area contributed by atoms with Gasteiger partial charge >= 0.3 is 0 Å². The molecule has 0 aliphatic carbocycles. The normalized spacial score (nSPS) is 14.6. The van der Waals surface area contributed by atoms with E-state index in [1.54, 1.807) is 41.3 Å². The monoisotopic (exact) mass is 609 g/mol. The molecule has 224 valence electrons. The van der Waals surface area contributed by atoms with Crippen molar-refractivity contribution in [3.63, 3.8) is 0 Å². The molecule has 2 amide bonds. The van der Waals surface area contributed by atoms with Crippen LogP contribution in [0.1, 0.15) is 49.8 Å². The highest BCUT2D eigenvalue weighted by Crippen LogP contribution is 2.22. The molecule has 4 rings (SSSR count). The Hall–Kier alpha value is -3.20. The molecule has 0 spiro atoms. The fourth-order valence-electron chi connectivity index (χ4n) is 5.06. The molecule has 42 heavy (non-hydrogen) atoms. The lowest BCUT2D eigenvalue weighted by Crippen LogP contribution is -2.51. The number of amides is 2. The summed E-state index contributed by atoms with van der Waals surface area (Å²) in [5.74, 6) is -0.0744. The number of hydrogen-bond acceptors (Lipinski definition) is 4. The highest BCUT2D eigenvalue weighted by atomic mass is 35.5. The van der Waals surface area contributed by atoms with Crippen molar-refractivity contribution in [1.29, 1.82) is 0 Å². The van der Waals surface area contributed by atoms with Crippen LogP contribution in [0.2, 0.25) is 5.02 Å². The van der Waals surface area contributed by atoms with Gasteiger partial charge in [-0.25, -0.2) is 8.42 Å². The minimum absolute atomic E-state index is 0.153. The summed E-state index contributed by atoms with van der Waals surface area (Å²) < 4.78 is 27.3. The predicted molar refractivity (Wildman–Crippen MR) is 167 cm³/mol. The third-order valence-corrected chi connectivity index (χ3v) is 9.64. The van der Waals surface area contributed by atoms with Crippen molar-refractivity contribution in [2.24, 2.45) is 5.92 Å². The van der Waals surface area contributed by atoms with Crippen molar-refractivity contribution in [3.05, 3.63) is 101 Å². The van der Waals surface area contributed by atoms with Gasteiger partial charge < -0.3 is 10.2 Å². The van der Waals surface area contributed by atoms with Gasteiger partial charge in [-0.3, -0.25) is 9.59 Å². The summed E-state index contributed by atoms with van der Waals surface area (Å²) in [6, 6.07) is 23.1. The Morgan fingerprint density at radius 2 is 1.50 bits per heavy atom. The molecular weight excluding hydrogens is 570 g/mol. The molecule has 0 radical (unpaired) electrons. The van der Waals surface area contributed by atoms with Crippen molar-refractivity contribution >= 4 is 33.4 Å². The van der Waals surface area contributed by atoms with E-state index >= 15 is 0 Å². The van der Waals surface area contributed by atoms with Crippen LogP contribution in [0, 0.1) is 5.92 Å². The molecule has 1 atom stereocenters. The molecule has 9 heteroatoms. The second-order valence-corrected chi connectivity index (χ2v) is 13.6. The quantitative estimate of drug-likeness (QED) is 0.278. The van der Waals surface area contributed by atoms with Gasteiger partial charge in [-0.2, -0.15) is 4.31 Å². The first-order valence-corrected chi connectivity index (χ1v) is 16.4. The van der Waals surface area contributed by atoms with E-state index in [2.05, 4.69) is 5.32 Å². The summed E-state index contributed by atoms with van der Waals surface area (Å²) in [5.41, 5.74) is 2.70. The van der Waals surface area contributed by atoms with Gasteiger partial charge in [0.1, 0.15) is 6.04 Å². The molecule has 0 aromatic heterocycles. The molecule has 1 heterocycles. The number of halogens is 1. The van der Waals surface area contributed by atoms with E-state index in [1.165, 1.54) is 4.31 Å². The average molecular weight is 610 g/mol. The van der Waals surface area contributed by atoms with E-state index in [1.807, 2.05) is 56.3 Å². The van der Waals surface area contributed by atoms with Gasteiger partial charge in [-0.15, -0.1) is 0 Å². The van der Waals surface area contributed by atoms with E-state index in [-0.39, 0.29) is 35.6 Å². The third kappa shape index (κ3) is 8.66. The molecule has 1 aliphatic rings. The first-order chi connectivity index (χ1) is 20.1. The van der Waals surface area contributed by atoms with Gasteiger partial charge in [-0.05, 0) is 66.1 Å². The van der Waals surface area contributed by atoms with Crippen molar-refractivity contribution in [2.45, 2.75) is 63.4 Å². The molecule has 1 N–H and O–H groups in total. The molecule has 1 fully saturated rings. The SMILES string of the molecule is CC(C)CNC(=O)[C@@H](Cc1ccccc1)N(Cc1ccc(Cl)cc1)C(=O)CCc1ccc(S(=O)(=O)N2CCCC2)cc1. The maximum Gasteiger partial charge on any atom is 0.243 e. The number of nitrogens with one attached hydrogen (secondary N) is 1. The Bertz CT molecular complexity index is 1420. The molecule has 0 unspecified atom stereocenters. The van der Waals surface area contributed by atoms with E-state index in [0.717, 1.165) is 29.5 Å². The highest BCUT2D eigenvalue weighted by Gasteiger charge is 2.31. The number of carbonyl (C=O) groups excluding carboxylic acids is 2. The number of hydrogen-bond donors (Lipinski definition) is 1. The topological polar surface area (TPSA) is 86.8 Å². The zero-order valence-electron chi connectivity index (χ0n) is 24.3. The Labute approximate surface area is 254 Å². The van der Waals surface area contributed by atoms with Gasteiger partial charge in [0.25, 0.3) is 0 Å². The van der Waals surface area contributed by atoms with Crippen LogP contribution in [0.25, 0.3) is 0 Å². The fraction of sp³-hybridized carbons (Fsp3) is 0.394. The van der Waals surface area contributed by atoms with E-state index in [4.69, 9.17) is 11.6 Å². The third-order valence-electron chi connectivity index (χ3n) is 7.48. The second kappa shape index (κ2) is 14.8. The average Bonchev–Trinajstić information content (AvgIpc) is 3.54. The van der Waals surface area contributed by atoms with Gasteiger partial charge in [0.2, 0.25) is 21.8 Å². The van der Waals surface area contributed by atoms with Crippen LogP contribution in [0.15, 0.2) is 83.8 Å². The Morgan fingerprint density at radius 1 is 0.881 bits per heavy atom. The standard InChI is InChI=1S/C33H40ClN3O4S/c1-25(2)23-35-33(39)31(22-27-8-4-3-5-9-27)37(24-28-10-15-29(34)16-11-28)32(38)19-14-26-12-17-30(18-13-26)42(40,41)36-20-6-7-21-36/h3-5,8-13,15-18,25,31H,6-7,14,19-24H2,1-2H3,(H,35,39)/t31-/m1/s1. The minimum atomic E-state index is -3.50. The van der Waals surface area contributed by atoms with Crippen molar-refractivity contribution in [1.82, 2.24) is 14.5 Å². The molecule has 1 saturated heterocycles. The highest BCUT2D eigenvalue weighted by molar-refractivity contribution is 7.89. The van der Waals surface area contributed by atoms with Crippen LogP contribution >= 0.6 is 11.6 Å². The van der Waals surface area contributed by atoms with Crippen LogP contribution in [0.5, 0.6) is 0 Å². The summed E-state index contributed by atoms with van der Waals surface area (Å²) >= 11 is 6.11. The lowest BCUT2D eigenvalue weighted by molar-refractivity contribution is -0.141. The Kier molecular flexibility index (Phi) is 11.2. The van der Waals surface area contributed by atoms with Crippen molar-refractivity contribution < 1.29 is 18.0 Å². The number of aryl methyl sites for hydroxylation is 1. The summed E-state index contributed by atoms with van der Waals surface area (Å²) in [5, 5.41) is 3.63. The lowest BCUT2D eigenvalue weighted by Gasteiger charge is -2.32. The number of rotatable bonds is 13. The maximum absolute atomic E-state index is 13.9. The minimum Gasteiger partial charge on any atom is -0.354 e. The summed E-state index contributed by atoms with van der Waals surface area (Å²) in [6.07, 6.45) is 2.74. The molecule has 0 saturated carbocycles. The largest absolute Gasteiger partial charge is 0.354 e. The van der Waals surface area contributed by atoms with Crippen molar-refractivity contribution in [2.75, 3.05) is 19.6 Å². The van der Waals surface area contributed by atoms with Gasteiger partial charge in [0.15, 0.2) is 0 Å². The van der Waals surface area contributed by atoms with Crippen LogP contribution in [0.4, 0.5) is 0 Å². The molecule has 1 aliphatic heterocycles. The lowest BCUT2D eigenvalue weighted by atomic mass is 10.0. The summed E-state index contributed by atoms with van der Waals surface area (Å²) in [7, 11) is -3.50. The van der Waals surface area contributed by atoms with Gasteiger partial charge in [0.05, 0.1) is 4.90 Å². The zero-order valence-corrected chi connectivity index (χ0v) is 25.9. The predicted octanol–water partition coefficient (Wildman–Crippen LogP) is 5.47. The van der Waals surface area contributed by atoms with Crippen LogP contribution < -0.4 is 5.32 Å². The van der Waals surface area contributed by atoms with E-state index < -0.39 is 16.1 Å². The number of nitrogens with zero attached hydrogens (tertiary/aromatic N) is 2. The van der Waals surface area contributed by atoms with Crippen LogP contribution in [-0.4, -0.2) is 55.1 Å². The van der Waals surface area contributed by atoms with Gasteiger partial charge in [-0.1, -0.05) is 80.0 Å². The zero-order chi connectivity index (χ0) is 30.1. The molecule has 7 nitrogen and oxygen atoms in total. The fourth-order valence-corrected chi connectivity index (χ4v) is 6.71. The van der Waals surface area contributed by atoms with Crippen molar-refractivity contribution in [3.8, 4) is 0 Å². The molecular formula is C33H40ClN3O4S. The van der Waals surface area contributed by atoms with Crippen LogP contribution in [-0.2, 0) is 39.0 Å². The molecule has 3 aromatic carbocycles. The van der Waals surface area contributed by atoms with Gasteiger partial charge in [0, 0.05) is 44.0 Å². The first-order valence-electron chi connectivity index (χ1n) is 14.6. The second-order valence-electron chi connectivity index (χ2n) is 11.2.